The molecule has 0 atom stereocenters. The first-order chi connectivity index (χ1) is 9.27. The summed E-state index contributed by atoms with van der Waals surface area (Å²) in [6, 6.07) is 6.59. The molecular formula is C13H16N2O4S. The van der Waals surface area contributed by atoms with E-state index in [9.17, 15) is 18.0 Å². The van der Waals surface area contributed by atoms with E-state index in [2.05, 4.69) is 5.32 Å². The van der Waals surface area contributed by atoms with Crippen molar-refractivity contribution in [2.75, 3.05) is 24.7 Å². The van der Waals surface area contributed by atoms with Crippen LogP contribution >= 0.6 is 0 Å². The van der Waals surface area contributed by atoms with Gasteiger partial charge in [0.2, 0.25) is 15.9 Å². The molecule has 108 valence electrons. The van der Waals surface area contributed by atoms with Gasteiger partial charge < -0.3 is 5.32 Å². The number of nitrogens with zero attached hydrogens (tertiary/aromatic N) is 1. The first-order valence-electron chi connectivity index (χ1n) is 6.14. The molecule has 1 fully saturated rings. The molecule has 20 heavy (non-hydrogen) atoms. The Bertz CT molecular complexity index is 631. The molecule has 0 unspecified atom stereocenters. The second kappa shape index (κ2) is 5.34. The monoisotopic (exact) mass is 296 g/mol. The highest BCUT2D eigenvalue weighted by molar-refractivity contribution is 7.88. The molecular weight excluding hydrogens is 280 g/mol. The van der Waals surface area contributed by atoms with Crippen LogP contribution in [0.4, 0.5) is 5.69 Å². The molecule has 1 aliphatic rings. The van der Waals surface area contributed by atoms with E-state index in [0.717, 1.165) is 6.26 Å². The van der Waals surface area contributed by atoms with Crippen molar-refractivity contribution in [1.82, 2.24) is 4.31 Å². The predicted octanol–water partition coefficient (Wildman–Crippen LogP) is 0.719. The number of ketones is 1. The number of anilines is 1. The van der Waals surface area contributed by atoms with Crippen LogP contribution in [-0.2, 0) is 14.8 Å². The van der Waals surface area contributed by atoms with Crippen molar-refractivity contribution in [3.8, 4) is 0 Å². The maximum atomic E-state index is 11.9. The topological polar surface area (TPSA) is 83.6 Å². The molecule has 6 nitrogen and oxygen atoms in total. The molecule has 1 heterocycles. The summed E-state index contributed by atoms with van der Waals surface area (Å²) in [7, 11) is -3.20. The van der Waals surface area contributed by atoms with Crippen LogP contribution in [0.2, 0.25) is 0 Å². The van der Waals surface area contributed by atoms with Gasteiger partial charge >= 0.3 is 0 Å². The third kappa shape index (κ3) is 3.23. The van der Waals surface area contributed by atoms with Gasteiger partial charge in [0.15, 0.2) is 5.78 Å². The molecule has 2 rings (SSSR count). The van der Waals surface area contributed by atoms with E-state index in [1.807, 2.05) is 0 Å². The predicted molar refractivity (Wildman–Crippen MR) is 75.0 cm³/mol. The van der Waals surface area contributed by atoms with Crippen molar-refractivity contribution < 1.29 is 18.0 Å². The molecule has 0 aromatic heterocycles. The van der Waals surface area contributed by atoms with Gasteiger partial charge in [0.25, 0.3) is 0 Å². The summed E-state index contributed by atoms with van der Waals surface area (Å²) in [5, 5.41) is 2.71. The van der Waals surface area contributed by atoms with E-state index in [0.29, 0.717) is 11.3 Å². The van der Waals surface area contributed by atoms with Crippen molar-refractivity contribution in [3.05, 3.63) is 29.8 Å². The van der Waals surface area contributed by atoms with Crippen molar-refractivity contribution >= 4 is 27.4 Å². The van der Waals surface area contributed by atoms with Crippen molar-refractivity contribution in [2.24, 2.45) is 5.92 Å². The molecule has 1 N–H and O–H groups in total. The Morgan fingerprint density at radius 3 is 2.20 bits per heavy atom. The maximum Gasteiger partial charge on any atom is 0.230 e. The number of sulfonamides is 1. The number of rotatable bonds is 4. The van der Waals surface area contributed by atoms with Gasteiger partial charge in [-0.15, -0.1) is 0 Å². The third-order valence-electron chi connectivity index (χ3n) is 3.25. The number of carbonyl (C=O) groups excluding carboxylic acids is 2. The highest BCUT2D eigenvalue weighted by Crippen LogP contribution is 2.20. The Morgan fingerprint density at radius 2 is 1.75 bits per heavy atom. The summed E-state index contributed by atoms with van der Waals surface area (Å²) in [5.74, 6) is -0.566. The van der Waals surface area contributed by atoms with Crippen LogP contribution in [-0.4, -0.2) is 43.8 Å². The van der Waals surface area contributed by atoms with E-state index >= 15 is 0 Å². The number of carbonyl (C=O) groups is 2. The minimum atomic E-state index is -3.20. The minimum Gasteiger partial charge on any atom is -0.326 e. The van der Waals surface area contributed by atoms with E-state index in [-0.39, 0.29) is 30.7 Å². The lowest BCUT2D eigenvalue weighted by atomic mass is 10.0. The van der Waals surface area contributed by atoms with Crippen LogP contribution in [0.5, 0.6) is 0 Å². The third-order valence-corrected chi connectivity index (χ3v) is 4.48. The van der Waals surface area contributed by atoms with E-state index < -0.39 is 10.0 Å². The molecule has 1 amide bonds. The lowest BCUT2D eigenvalue weighted by molar-refractivity contribution is -0.122. The number of Topliss-reactive ketones (excluding diaryl/α,β-unsaturated/α-hetero) is 1. The van der Waals surface area contributed by atoms with Crippen LogP contribution in [0.1, 0.15) is 17.3 Å². The zero-order valence-electron chi connectivity index (χ0n) is 11.3. The number of nitrogens with one attached hydrogen (secondary N) is 1. The average Bonchev–Trinajstić information content (AvgIpc) is 2.25. The summed E-state index contributed by atoms with van der Waals surface area (Å²) in [4.78, 5) is 23.0. The molecule has 0 spiro atoms. The largest absolute Gasteiger partial charge is 0.326 e. The summed E-state index contributed by atoms with van der Waals surface area (Å²) in [6.45, 7) is 1.91. The van der Waals surface area contributed by atoms with Gasteiger partial charge in [-0.25, -0.2) is 12.7 Å². The Hall–Kier alpha value is -1.73. The quantitative estimate of drug-likeness (QED) is 0.830. The van der Waals surface area contributed by atoms with E-state index in [1.165, 1.54) is 11.2 Å². The van der Waals surface area contributed by atoms with Crippen LogP contribution in [0.15, 0.2) is 24.3 Å². The summed E-state index contributed by atoms with van der Waals surface area (Å²) < 4.78 is 23.7. The Kier molecular flexibility index (Phi) is 3.92. The van der Waals surface area contributed by atoms with Gasteiger partial charge in [-0.1, -0.05) is 0 Å². The first kappa shape index (κ1) is 14.7. The zero-order chi connectivity index (χ0) is 14.9. The van der Waals surface area contributed by atoms with Crippen LogP contribution in [0.3, 0.4) is 0 Å². The van der Waals surface area contributed by atoms with E-state index in [1.54, 1.807) is 24.3 Å². The molecule has 0 saturated carbocycles. The summed E-state index contributed by atoms with van der Waals surface area (Å²) in [5.41, 5.74) is 1.17. The van der Waals surface area contributed by atoms with Gasteiger partial charge in [0.1, 0.15) is 0 Å². The van der Waals surface area contributed by atoms with E-state index in [4.69, 9.17) is 0 Å². The Morgan fingerprint density at radius 1 is 1.20 bits per heavy atom. The first-order valence-corrected chi connectivity index (χ1v) is 7.99. The number of hydrogen-bond donors (Lipinski definition) is 1. The van der Waals surface area contributed by atoms with Crippen LogP contribution in [0.25, 0.3) is 0 Å². The molecule has 0 bridgehead atoms. The fourth-order valence-corrected chi connectivity index (χ4v) is 2.81. The smallest absolute Gasteiger partial charge is 0.230 e. The Labute approximate surface area is 117 Å². The standard InChI is InChI=1S/C13H16N2O4S/c1-9(16)10-3-5-12(6-4-10)14-13(17)11-7-15(8-11)20(2,18)19/h3-6,11H,7-8H2,1-2H3,(H,14,17). The van der Waals surface area contributed by atoms with Gasteiger partial charge in [0.05, 0.1) is 12.2 Å². The molecule has 7 heteroatoms. The Balaban J connectivity index is 1.92. The SMILES string of the molecule is CC(=O)c1ccc(NC(=O)C2CN(S(C)(=O)=O)C2)cc1. The van der Waals surface area contributed by atoms with Crippen molar-refractivity contribution in [2.45, 2.75) is 6.92 Å². The lowest BCUT2D eigenvalue weighted by Gasteiger charge is -2.35. The molecule has 1 aromatic carbocycles. The van der Waals surface area contributed by atoms with Gasteiger partial charge in [-0.2, -0.15) is 0 Å². The van der Waals surface area contributed by atoms with Crippen molar-refractivity contribution in [3.63, 3.8) is 0 Å². The molecule has 1 aromatic rings. The van der Waals surface area contributed by atoms with Gasteiger partial charge in [0, 0.05) is 24.3 Å². The summed E-state index contributed by atoms with van der Waals surface area (Å²) in [6.07, 6.45) is 1.13. The van der Waals surface area contributed by atoms with Gasteiger partial charge in [-0.05, 0) is 31.2 Å². The molecule has 1 saturated heterocycles. The number of benzene rings is 1. The molecule has 1 aliphatic heterocycles. The van der Waals surface area contributed by atoms with Crippen molar-refractivity contribution in [1.29, 1.82) is 0 Å². The van der Waals surface area contributed by atoms with Crippen LogP contribution in [0, 0.1) is 5.92 Å². The van der Waals surface area contributed by atoms with Gasteiger partial charge in [-0.3, -0.25) is 9.59 Å². The second-order valence-corrected chi connectivity index (χ2v) is 6.88. The lowest BCUT2D eigenvalue weighted by Crippen LogP contribution is -2.53. The number of amides is 1. The second-order valence-electron chi connectivity index (χ2n) is 4.90. The fraction of sp³-hybridized carbons (Fsp3) is 0.385. The average molecular weight is 296 g/mol. The highest BCUT2D eigenvalue weighted by Gasteiger charge is 2.37. The normalized spacial score (nSPS) is 16.5. The highest BCUT2D eigenvalue weighted by atomic mass is 32.2. The molecule has 0 aliphatic carbocycles. The minimum absolute atomic E-state index is 0.0364. The fourth-order valence-electron chi connectivity index (χ4n) is 1.91. The summed E-state index contributed by atoms with van der Waals surface area (Å²) >= 11 is 0. The number of hydrogen-bond acceptors (Lipinski definition) is 4. The molecule has 0 radical (unpaired) electrons. The van der Waals surface area contributed by atoms with Crippen LogP contribution < -0.4 is 5.32 Å². The zero-order valence-corrected chi connectivity index (χ0v) is 12.1. The maximum absolute atomic E-state index is 11.9.